The van der Waals surface area contributed by atoms with Crippen LogP contribution in [0.25, 0.3) is 0 Å². The number of methoxy groups -OCH3 is 1. The number of anilines is 1. The van der Waals surface area contributed by atoms with Gasteiger partial charge in [0.15, 0.2) is 0 Å². The summed E-state index contributed by atoms with van der Waals surface area (Å²) in [7, 11) is 1.68. The van der Waals surface area contributed by atoms with E-state index < -0.39 is 0 Å². The van der Waals surface area contributed by atoms with Crippen LogP contribution in [0.5, 0.6) is 5.75 Å². The Labute approximate surface area is 120 Å². The number of rotatable bonds is 5. The number of aryl methyl sites for hydroxylation is 1. The van der Waals surface area contributed by atoms with Crippen molar-refractivity contribution in [3.8, 4) is 5.75 Å². The molecule has 1 aromatic carbocycles. The van der Waals surface area contributed by atoms with Crippen LogP contribution >= 0.6 is 27.3 Å². The fraction of sp³-hybridized carbons (Fsp3) is 0.286. The van der Waals surface area contributed by atoms with Crippen molar-refractivity contribution >= 4 is 33.0 Å². The topological polar surface area (TPSA) is 21.3 Å². The molecule has 18 heavy (non-hydrogen) atoms. The van der Waals surface area contributed by atoms with Gasteiger partial charge in [-0.3, -0.25) is 0 Å². The first-order chi connectivity index (χ1) is 8.71. The maximum absolute atomic E-state index is 5.24. The molecule has 2 aromatic rings. The van der Waals surface area contributed by atoms with E-state index in [-0.39, 0.29) is 0 Å². The summed E-state index contributed by atoms with van der Waals surface area (Å²) < 4.78 is 6.26. The Morgan fingerprint density at radius 2 is 2.00 bits per heavy atom. The van der Waals surface area contributed by atoms with Gasteiger partial charge in [0, 0.05) is 32.5 Å². The zero-order valence-corrected chi connectivity index (χ0v) is 12.9. The predicted octanol–water partition coefficient (Wildman–Crippen LogP) is 4.69. The molecule has 4 heteroatoms. The standard InChI is InChI=1S/C14H16BrNOS/c1-3-13-4-5-14(18-13)9-16-11-6-10(15)7-12(8-11)17-2/h4-8,16H,3,9H2,1-2H3. The van der Waals surface area contributed by atoms with E-state index in [1.54, 1.807) is 7.11 Å². The highest BCUT2D eigenvalue weighted by molar-refractivity contribution is 9.10. The van der Waals surface area contributed by atoms with Crippen molar-refractivity contribution in [1.82, 2.24) is 0 Å². The van der Waals surface area contributed by atoms with Gasteiger partial charge in [-0.15, -0.1) is 11.3 Å². The quantitative estimate of drug-likeness (QED) is 0.860. The van der Waals surface area contributed by atoms with Crippen LogP contribution in [-0.2, 0) is 13.0 Å². The highest BCUT2D eigenvalue weighted by Gasteiger charge is 2.01. The number of hydrogen-bond donors (Lipinski definition) is 1. The first kappa shape index (κ1) is 13.4. The van der Waals surface area contributed by atoms with Gasteiger partial charge in [-0.2, -0.15) is 0 Å². The molecule has 0 aliphatic rings. The monoisotopic (exact) mass is 325 g/mol. The van der Waals surface area contributed by atoms with E-state index in [0.717, 1.165) is 28.9 Å². The lowest BCUT2D eigenvalue weighted by Gasteiger charge is -2.08. The van der Waals surface area contributed by atoms with Gasteiger partial charge in [0.05, 0.1) is 7.11 Å². The van der Waals surface area contributed by atoms with Gasteiger partial charge in [-0.25, -0.2) is 0 Å². The molecule has 0 amide bonds. The molecule has 96 valence electrons. The van der Waals surface area contributed by atoms with Crippen LogP contribution in [0.2, 0.25) is 0 Å². The minimum absolute atomic E-state index is 0.851. The van der Waals surface area contributed by atoms with Crippen molar-refractivity contribution in [1.29, 1.82) is 0 Å². The molecule has 0 atom stereocenters. The van der Waals surface area contributed by atoms with Gasteiger partial charge < -0.3 is 10.1 Å². The van der Waals surface area contributed by atoms with Gasteiger partial charge in [0.1, 0.15) is 5.75 Å². The van der Waals surface area contributed by atoms with E-state index in [9.17, 15) is 0 Å². The maximum Gasteiger partial charge on any atom is 0.122 e. The van der Waals surface area contributed by atoms with Crippen molar-refractivity contribution in [3.63, 3.8) is 0 Å². The smallest absolute Gasteiger partial charge is 0.122 e. The van der Waals surface area contributed by atoms with Gasteiger partial charge in [-0.1, -0.05) is 22.9 Å². The summed E-state index contributed by atoms with van der Waals surface area (Å²) in [5, 5.41) is 3.41. The second kappa shape index (κ2) is 6.25. The van der Waals surface area contributed by atoms with Crippen LogP contribution < -0.4 is 10.1 Å². The van der Waals surface area contributed by atoms with Crippen LogP contribution in [0.3, 0.4) is 0 Å². The molecule has 0 saturated carbocycles. The number of thiophene rings is 1. The minimum Gasteiger partial charge on any atom is -0.497 e. The summed E-state index contributed by atoms with van der Waals surface area (Å²) in [6.45, 7) is 3.03. The van der Waals surface area contributed by atoms with E-state index in [1.165, 1.54) is 9.75 Å². The fourth-order valence-electron chi connectivity index (χ4n) is 1.68. The summed E-state index contributed by atoms with van der Waals surface area (Å²) >= 11 is 5.34. The summed E-state index contributed by atoms with van der Waals surface area (Å²) in [6, 6.07) is 10.4. The van der Waals surface area contributed by atoms with E-state index in [1.807, 2.05) is 23.5 Å². The highest BCUT2D eigenvalue weighted by Crippen LogP contribution is 2.25. The number of nitrogens with one attached hydrogen (secondary N) is 1. The Kier molecular flexibility index (Phi) is 4.66. The van der Waals surface area contributed by atoms with Crippen LogP contribution in [0.15, 0.2) is 34.8 Å². The van der Waals surface area contributed by atoms with Gasteiger partial charge >= 0.3 is 0 Å². The fourth-order valence-corrected chi connectivity index (χ4v) is 3.05. The van der Waals surface area contributed by atoms with Crippen molar-refractivity contribution < 1.29 is 4.74 Å². The lowest BCUT2D eigenvalue weighted by Crippen LogP contribution is -1.97. The van der Waals surface area contributed by atoms with Gasteiger partial charge in [0.25, 0.3) is 0 Å². The molecule has 0 fully saturated rings. The zero-order chi connectivity index (χ0) is 13.0. The summed E-state index contributed by atoms with van der Waals surface area (Å²) in [6.07, 6.45) is 1.11. The molecule has 0 saturated heterocycles. The van der Waals surface area contributed by atoms with Gasteiger partial charge in [-0.05, 0) is 30.7 Å². The molecule has 0 spiro atoms. The Morgan fingerprint density at radius 1 is 1.22 bits per heavy atom. The third-order valence-corrected chi connectivity index (χ3v) is 4.33. The van der Waals surface area contributed by atoms with E-state index in [0.29, 0.717) is 0 Å². The molecule has 0 radical (unpaired) electrons. The summed E-state index contributed by atoms with van der Waals surface area (Å²) in [4.78, 5) is 2.78. The van der Waals surface area contributed by atoms with E-state index in [2.05, 4.69) is 46.4 Å². The minimum atomic E-state index is 0.851. The number of ether oxygens (including phenoxy) is 1. The summed E-state index contributed by atoms with van der Waals surface area (Å²) in [5.41, 5.74) is 1.06. The van der Waals surface area contributed by atoms with Crippen LogP contribution in [0, 0.1) is 0 Å². The Hall–Kier alpha value is -1.000. The van der Waals surface area contributed by atoms with Crippen LogP contribution in [0.4, 0.5) is 5.69 Å². The normalized spacial score (nSPS) is 10.4. The molecule has 1 heterocycles. The molecule has 0 aliphatic carbocycles. The first-order valence-corrected chi connectivity index (χ1v) is 7.48. The van der Waals surface area contributed by atoms with Gasteiger partial charge in [0.2, 0.25) is 0 Å². The molecule has 2 rings (SSSR count). The number of hydrogen-bond acceptors (Lipinski definition) is 3. The second-order valence-electron chi connectivity index (χ2n) is 3.95. The molecular formula is C14H16BrNOS. The van der Waals surface area contributed by atoms with Crippen LogP contribution in [-0.4, -0.2) is 7.11 Å². The van der Waals surface area contributed by atoms with Crippen LogP contribution in [0.1, 0.15) is 16.7 Å². The van der Waals surface area contributed by atoms with E-state index >= 15 is 0 Å². The Balaban J connectivity index is 2.03. The molecule has 2 nitrogen and oxygen atoms in total. The number of halogens is 1. The molecule has 0 unspecified atom stereocenters. The zero-order valence-electron chi connectivity index (χ0n) is 10.5. The van der Waals surface area contributed by atoms with Crippen molar-refractivity contribution in [3.05, 3.63) is 44.6 Å². The SMILES string of the molecule is CCc1ccc(CNc2cc(Br)cc(OC)c2)s1. The average molecular weight is 326 g/mol. The Bertz CT molecular complexity index is 524. The third kappa shape index (κ3) is 3.50. The largest absolute Gasteiger partial charge is 0.497 e. The lowest BCUT2D eigenvalue weighted by atomic mass is 10.3. The second-order valence-corrected chi connectivity index (χ2v) is 6.12. The molecule has 1 aromatic heterocycles. The first-order valence-electron chi connectivity index (χ1n) is 5.87. The van der Waals surface area contributed by atoms with Crippen molar-refractivity contribution in [2.24, 2.45) is 0 Å². The molecule has 1 N–H and O–H groups in total. The lowest BCUT2D eigenvalue weighted by molar-refractivity contribution is 0.414. The summed E-state index contributed by atoms with van der Waals surface area (Å²) in [5.74, 6) is 0.854. The third-order valence-electron chi connectivity index (χ3n) is 2.64. The number of benzene rings is 1. The molecule has 0 bridgehead atoms. The Morgan fingerprint density at radius 3 is 2.67 bits per heavy atom. The van der Waals surface area contributed by atoms with E-state index in [4.69, 9.17) is 4.74 Å². The average Bonchev–Trinajstić information content (AvgIpc) is 2.83. The highest BCUT2D eigenvalue weighted by atomic mass is 79.9. The maximum atomic E-state index is 5.24. The van der Waals surface area contributed by atoms with Crippen molar-refractivity contribution in [2.45, 2.75) is 19.9 Å². The molecular weight excluding hydrogens is 310 g/mol. The predicted molar refractivity (Wildman–Crippen MR) is 81.7 cm³/mol. The molecule has 0 aliphatic heterocycles. The van der Waals surface area contributed by atoms with Crippen molar-refractivity contribution in [2.75, 3.05) is 12.4 Å².